The largest absolute Gasteiger partial charge is 0.462 e. The van der Waals surface area contributed by atoms with Crippen molar-refractivity contribution in [2.24, 2.45) is 0 Å². The van der Waals surface area contributed by atoms with Crippen LogP contribution >= 0.6 is 11.6 Å². The number of allylic oxidation sites excluding steroid dienone is 1. The summed E-state index contributed by atoms with van der Waals surface area (Å²) in [6.07, 6.45) is 0. The lowest BCUT2D eigenvalue weighted by Crippen LogP contribution is -2.25. The molecule has 0 aliphatic carbocycles. The van der Waals surface area contributed by atoms with Gasteiger partial charge in [0.1, 0.15) is 5.57 Å². The smallest absolute Gasteiger partial charge is 0.345 e. The Morgan fingerprint density at radius 2 is 1.41 bits per heavy atom. The number of rotatable bonds is 5. The van der Waals surface area contributed by atoms with E-state index in [1.165, 1.54) is 0 Å². The van der Waals surface area contributed by atoms with Gasteiger partial charge in [-0.25, -0.2) is 9.59 Å². The first-order chi connectivity index (χ1) is 7.75. The van der Waals surface area contributed by atoms with Gasteiger partial charge in [0.25, 0.3) is 0 Å². The van der Waals surface area contributed by atoms with Crippen LogP contribution in [0.4, 0.5) is 0 Å². The molecule has 5 heteroatoms. The van der Waals surface area contributed by atoms with Crippen LogP contribution in [0.25, 0.3) is 0 Å². The van der Waals surface area contributed by atoms with Crippen molar-refractivity contribution < 1.29 is 19.1 Å². The number of hydrogen-bond donors (Lipinski definition) is 0. The number of esters is 2. The average molecular weight is 263 g/mol. The van der Waals surface area contributed by atoms with E-state index in [-0.39, 0.29) is 18.8 Å². The van der Waals surface area contributed by atoms with Crippen molar-refractivity contribution in [3.8, 4) is 0 Å². The Kier molecular flexibility index (Phi) is 6.24. The molecule has 0 spiro atoms. The van der Waals surface area contributed by atoms with Crippen molar-refractivity contribution >= 4 is 23.5 Å². The van der Waals surface area contributed by atoms with Gasteiger partial charge in [0, 0.05) is 0 Å². The van der Waals surface area contributed by atoms with E-state index in [2.05, 4.69) is 0 Å². The summed E-state index contributed by atoms with van der Waals surface area (Å²) in [6.45, 7) is 8.74. The number of hydrogen-bond acceptors (Lipinski definition) is 4. The molecule has 0 radical (unpaired) electrons. The van der Waals surface area contributed by atoms with E-state index in [9.17, 15) is 9.59 Å². The topological polar surface area (TPSA) is 52.6 Å². The molecule has 0 bridgehead atoms. The number of ether oxygens (including phenoxy) is 2. The van der Waals surface area contributed by atoms with Gasteiger partial charge < -0.3 is 9.47 Å². The molecule has 0 saturated heterocycles. The Hall–Kier alpha value is -1.03. The minimum atomic E-state index is -0.811. The van der Waals surface area contributed by atoms with Crippen LogP contribution in [-0.2, 0) is 19.1 Å². The molecule has 0 fully saturated rings. The average Bonchev–Trinajstić information content (AvgIpc) is 2.17. The van der Waals surface area contributed by atoms with E-state index in [1.54, 1.807) is 34.6 Å². The molecule has 0 aromatic heterocycles. The summed E-state index contributed by atoms with van der Waals surface area (Å²) in [6, 6.07) is 0. The highest BCUT2D eigenvalue weighted by atomic mass is 35.5. The van der Waals surface area contributed by atoms with Crippen molar-refractivity contribution in [3.63, 3.8) is 0 Å². The molecule has 0 aromatic rings. The first-order valence-electron chi connectivity index (χ1n) is 5.50. The highest BCUT2D eigenvalue weighted by Gasteiger charge is 2.30. The summed E-state index contributed by atoms with van der Waals surface area (Å²) in [5, 5.41) is 0. The standard InChI is InChI=1S/C12H19ClO4/c1-6-16-10(14)9(11(15)17-7-2)8(3)12(4,5)13/h6-7H2,1-5H3. The number of carbonyl (C=O) groups is 2. The van der Waals surface area contributed by atoms with Crippen molar-refractivity contribution in [2.45, 2.75) is 39.5 Å². The third kappa shape index (κ3) is 4.77. The number of carbonyl (C=O) groups excluding carboxylic acids is 2. The van der Waals surface area contributed by atoms with Gasteiger partial charge in [-0.15, -0.1) is 11.6 Å². The molecule has 0 N–H and O–H groups in total. The summed E-state index contributed by atoms with van der Waals surface area (Å²) >= 11 is 6.09. The fraction of sp³-hybridized carbons (Fsp3) is 0.667. The van der Waals surface area contributed by atoms with Crippen LogP contribution in [0.2, 0.25) is 0 Å². The predicted octanol–water partition coefficient (Wildman–Crippen LogP) is 2.45. The first-order valence-corrected chi connectivity index (χ1v) is 5.88. The van der Waals surface area contributed by atoms with E-state index < -0.39 is 16.8 Å². The molecule has 0 rings (SSSR count). The Labute approximate surface area is 107 Å². The normalized spacial score (nSPS) is 10.7. The minimum absolute atomic E-state index is 0.117. The van der Waals surface area contributed by atoms with Crippen LogP contribution in [-0.4, -0.2) is 30.0 Å². The van der Waals surface area contributed by atoms with Crippen LogP contribution in [0.5, 0.6) is 0 Å². The molecule has 0 unspecified atom stereocenters. The van der Waals surface area contributed by atoms with Gasteiger partial charge in [-0.3, -0.25) is 0 Å². The Balaban J connectivity index is 5.39. The van der Waals surface area contributed by atoms with Crippen LogP contribution in [0.3, 0.4) is 0 Å². The fourth-order valence-electron chi connectivity index (χ4n) is 1.09. The molecular formula is C12H19ClO4. The molecule has 98 valence electrons. The van der Waals surface area contributed by atoms with Crippen molar-refractivity contribution in [1.29, 1.82) is 0 Å². The first kappa shape index (κ1) is 16.0. The summed E-state index contributed by atoms with van der Waals surface area (Å²) in [5.74, 6) is -1.39. The SMILES string of the molecule is CCOC(=O)C(C(=O)OCC)=C(C)C(C)(C)Cl. The van der Waals surface area contributed by atoms with Gasteiger partial charge in [0.15, 0.2) is 0 Å². The molecule has 0 saturated carbocycles. The zero-order chi connectivity index (χ0) is 13.6. The molecule has 0 aromatic carbocycles. The Morgan fingerprint density at radius 3 is 1.65 bits per heavy atom. The molecule has 4 nitrogen and oxygen atoms in total. The quantitative estimate of drug-likeness (QED) is 0.251. The zero-order valence-electron chi connectivity index (χ0n) is 10.9. The van der Waals surface area contributed by atoms with Crippen molar-refractivity contribution in [2.75, 3.05) is 13.2 Å². The van der Waals surface area contributed by atoms with Crippen LogP contribution < -0.4 is 0 Å². The third-order valence-electron chi connectivity index (χ3n) is 2.23. The van der Waals surface area contributed by atoms with Gasteiger partial charge in [0.2, 0.25) is 0 Å². The highest BCUT2D eigenvalue weighted by molar-refractivity contribution is 6.27. The molecular weight excluding hydrogens is 244 g/mol. The summed E-state index contributed by atoms with van der Waals surface area (Å²) in [4.78, 5) is 22.6. The Morgan fingerprint density at radius 1 is 1.06 bits per heavy atom. The predicted molar refractivity (Wildman–Crippen MR) is 65.9 cm³/mol. The van der Waals surface area contributed by atoms with Crippen LogP contribution in [0.15, 0.2) is 11.1 Å². The second-order valence-corrected chi connectivity index (χ2v) is 4.86. The van der Waals surface area contributed by atoms with E-state index in [4.69, 9.17) is 21.1 Å². The molecule has 0 heterocycles. The lowest BCUT2D eigenvalue weighted by Gasteiger charge is -2.20. The lowest BCUT2D eigenvalue weighted by atomic mass is 9.98. The van der Waals surface area contributed by atoms with E-state index >= 15 is 0 Å². The second-order valence-electron chi connectivity index (χ2n) is 3.91. The molecule has 0 atom stereocenters. The Bertz CT molecular complexity index is 306. The van der Waals surface area contributed by atoms with E-state index in [0.717, 1.165) is 0 Å². The van der Waals surface area contributed by atoms with E-state index in [0.29, 0.717) is 5.57 Å². The zero-order valence-corrected chi connectivity index (χ0v) is 11.7. The molecule has 0 aliphatic heterocycles. The van der Waals surface area contributed by atoms with Gasteiger partial charge in [0.05, 0.1) is 18.1 Å². The monoisotopic (exact) mass is 262 g/mol. The minimum Gasteiger partial charge on any atom is -0.462 e. The summed E-state index contributed by atoms with van der Waals surface area (Å²) in [7, 11) is 0. The van der Waals surface area contributed by atoms with Crippen molar-refractivity contribution in [3.05, 3.63) is 11.1 Å². The number of halogens is 1. The highest BCUT2D eigenvalue weighted by Crippen LogP contribution is 2.27. The maximum absolute atomic E-state index is 11.7. The van der Waals surface area contributed by atoms with Crippen LogP contribution in [0, 0.1) is 0 Å². The fourth-order valence-corrected chi connectivity index (χ4v) is 1.19. The van der Waals surface area contributed by atoms with Gasteiger partial charge in [-0.05, 0) is 40.2 Å². The van der Waals surface area contributed by atoms with Gasteiger partial charge in [-0.1, -0.05) is 0 Å². The maximum atomic E-state index is 11.7. The second kappa shape index (κ2) is 6.64. The number of alkyl halides is 1. The molecule has 17 heavy (non-hydrogen) atoms. The van der Waals surface area contributed by atoms with E-state index in [1.807, 2.05) is 0 Å². The van der Waals surface area contributed by atoms with Crippen molar-refractivity contribution in [1.82, 2.24) is 0 Å². The molecule has 0 aliphatic rings. The molecule has 0 amide bonds. The lowest BCUT2D eigenvalue weighted by molar-refractivity contribution is -0.146. The summed E-state index contributed by atoms with van der Waals surface area (Å²) in [5.41, 5.74) is 0.324. The van der Waals surface area contributed by atoms with Gasteiger partial charge in [-0.2, -0.15) is 0 Å². The third-order valence-corrected chi connectivity index (χ3v) is 2.51. The van der Waals surface area contributed by atoms with Gasteiger partial charge >= 0.3 is 11.9 Å². The summed E-state index contributed by atoms with van der Waals surface area (Å²) < 4.78 is 9.66. The maximum Gasteiger partial charge on any atom is 0.345 e. The van der Waals surface area contributed by atoms with Crippen LogP contribution in [0.1, 0.15) is 34.6 Å².